The fraction of sp³-hybridized carbons (Fsp3) is 0.640. The van der Waals surface area contributed by atoms with E-state index in [4.69, 9.17) is 0 Å². The monoisotopic (exact) mass is 767 g/mol. The second kappa shape index (κ2) is 32.0. The zero-order valence-electron chi connectivity index (χ0n) is 35.2. The van der Waals surface area contributed by atoms with Crippen LogP contribution in [0.5, 0.6) is 0 Å². The summed E-state index contributed by atoms with van der Waals surface area (Å²) in [6.07, 6.45) is 39.5. The van der Waals surface area contributed by atoms with E-state index >= 15 is 0 Å². The van der Waals surface area contributed by atoms with E-state index < -0.39 is 0 Å². The van der Waals surface area contributed by atoms with Crippen molar-refractivity contribution in [3.05, 3.63) is 100 Å². The van der Waals surface area contributed by atoms with Crippen LogP contribution in [0.3, 0.4) is 0 Å². The van der Waals surface area contributed by atoms with E-state index in [0.29, 0.717) is 0 Å². The van der Waals surface area contributed by atoms with Gasteiger partial charge in [0, 0.05) is 17.2 Å². The Hall–Kier alpha value is -2.25. The van der Waals surface area contributed by atoms with Crippen molar-refractivity contribution >= 4 is 11.4 Å². The first-order valence-corrected chi connectivity index (χ1v) is 23.7. The minimum absolute atomic E-state index is 0.859. The fourth-order valence-corrected chi connectivity index (χ4v) is 8.06. The van der Waals surface area contributed by atoms with Gasteiger partial charge in [-0.25, -0.2) is 4.70 Å². The number of unbranched alkanes of at least 4 members (excludes halogenated alkanes) is 18. The Morgan fingerprint density at radius 2 is 0.906 bits per heavy atom. The maximum absolute atomic E-state index is 11.5. The van der Waals surface area contributed by atoms with Crippen LogP contribution in [0, 0.1) is 0 Å². The second-order valence-corrected chi connectivity index (χ2v) is 16.7. The standard InChI is InChI=1S/C40H58N2.2C5H11.Ni/c1-4-7-10-13-14-15-16-17-18-21-24-38-33-39(36-29-25-34(26-30-36)22-19-11-8-5-2)42(41)40(38)37-31-27-35(28-32-37)23-20-12-9-6-3;2*1-3-5-4-2;/h21,24-33H,4-20,22-23H2,1-3H3;2*1,3-5H2,2H3;. The molecular weight excluding hydrogens is 687 g/mol. The molecule has 0 aliphatic carbocycles. The molecule has 1 aliphatic heterocycles. The van der Waals surface area contributed by atoms with Gasteiger partial charge in [-0.15, -0.1) is 0 Å². The van der Waals surface area contributed by atoms with Crippen LogP contribution >= 0.6 is 0 Å². The molecule has 53 heavy (non-hydrogen) atoms. The zero-order valence-corrected chi connectivity index (χ0v) is 36.1. The van der Waals surface area contributed by atoms with Crippen LogP contribution in [0.2, 0.25) is 10.8 Å². The van der Waals surface area contributed by atoms with Gasteiger partial charge in [-0.3, -0.25) is 0 Å². The van der Waals surface area contributed by atoms with Gasteiger partial charge < -0.3 is 5.53 Å². The van der Waals surface area contributed by atoms with Crippen LogP contribution in [-0.4, -0.2) is 4.70 Å². The molecule has 0 bridgehead atoms. The van der Waals surface area contributed by atoms with Crippen molar-refractivity contribution < 1.29 is 19.1 Å². The topological polar surface area (TPSA) is 25.3 Å². The van der Waals surface area contributed by atoms with Crippen molar-refractivity contribution in [2.24, 2.45) is 0 Å². The molecular formula is C50H80N2Ni. The Labute approximate surface area is 335 Å². The molecule has 0 aromatic heterocycles. The van der Waals surface area contributed by atoms with E-state index in [-0.39, 0.29) is 0 Å². The molecule has 0 N–H and O–H groups in total. The zero-order chi connectivity index (χ0) is 38.2. The average molecular weight is 768 g/mol. The molecule has 0 unspecified atom stereocenters. The van der Waals surface area contributed by atoms with Crippen LogP contribution in [0.1, 0.15) is 205 Å². The molecule has 2 aromatic carbocycles. The summed E-state index contributed by atoms with van der Waals surface area (Å²) < 4.78 is 1.42. The summed E-state index contributed by atoms with van der Waals surface area (Å²) in [5, 5.41) is 2.81. The quantitative estimate of drug-likeness (QED) is 0.0430. The first-order chi connectivity index (χ1) is 26.1. The number of hydrogen-bond donors (Lipinski definition) is 0. The molecule has 1 aliphatic rings. The summed E-state index contributed by atoms with van der Waals surface area (Å²) in [4.78, 5) is 0. The van der Waals surface area contributed by atoms with E-state index in [1.165, 1.54) is 168 Å². The first kappa shape index (κ1) is 46.9. The van der Waals surface area contributed by atoms with E-state index in [0.717, 1.165) is 47.4 Å². The van der Waals surface area contributed by atoms with Crippen LogP contribution in [0.4, 0.5) is 0 Å². The van der Waals surface area contributed by atoms with Gasteiger partial charge in [0.1, 0.15) is 0 Å². The Kier molecular flexibility index (Phi) is 28.4. The molecule has 0 saturated heterocycles. The van der Waals surface area contributed by atoms with Crippen molar-refractivity contribution in [1.29, 1.82) is 0 Å². The maximum atomic E-state index is 11.5. The third kappa shape index (κ3) is 20.9. The fourth-order valence-electron chi connectivity index (χ4n) is 6.83. The molecule has 0 atom stereocenters. The van der Waals surface area contributed by atoms with Crippen LogP contribution < -0.4 is 0 Å². The van der Waals surface area contributed by atoms with Gasteiger partial charge in [0.05, 0.1) is 5.57 Å². The van der Waals surface area contributed by atoms with Gasteiger partial charge in [-0.05, 0) is 73.9 Å². The summed E-state index contributed by atoms with van der Waals surface area (Å²) in [7, 11) is 0. The Morgan fingerprint density at radius 1 is 0.491 bits per heavy atom. The van der Waals surface area contributed by atoms with Crippen molar-refractivity contribution in [2.45, 2.75) is 206 Å². The van der Waals surface area contributed by atoms with Crippen molar-refractivity contribution in [1.82, 2.24) is 0 Å². The molecule has 0 radical (unpaired) electrons. The molecule has 2 aromatic rings. The van der Waals surface area contributed by atoms with Crippen molar-refractivity contribution in [2.75, 3.05) is 0 Å². The van der Waals surface area contributed by atoms with Crippen LogP contribution in [0.15, 0.2) is 72.3 Å². The third-order valence-corrected chi connectivity index (χ3v) is 11.7. The molecule has 0 spiro atoms. The summed E-state index contributed by atoms with van der Waals surface area (Å²) >= 11 is 1.97. The number of hydrogen-bond acceptors (Lipinski definition) is 0. The van der Waals surface area contributed by atoms with Crippen LogP contribution in [0.25, 0.3) is 16.9 Å². The van der Waals surface area contributed by atoms with Gasteiger partial charge in [-0.1, -0.05) is 141 Å². The molecule has 0 amide bonds. The summed E-state index contributed by atoms with van der Waals surface area (Å²) in [5.41, 5.74) is 19.2. The normalized spacial score (nSPS) is 12.9. The van der Waals surface area contributed by atoms with Crippen molar-refractivity contribution in [3.63, 3.8) is 0 Å². The summed E-state index contributed by atoms with van der Waals surface area (Å²) in [6, 6.07) is 17.7. The number of rotatable bonds is 30. The Bertz CT molecular complexity index is 1280. The van der Waals surface area contributed by atoms with Gasteiger partial charge in [-0.2, -0.15) is 0 Å². The van der Waals surface area contributed by atoms with E-state index in [2.05, 4.69) is 101 Å². The third-order valence-electron chi connectivity index (χ3n) is 10.3. The first-order valence-electron chi connectivity index (χ1n) is 22.3. The molecule has 1 heterocycles. The number of benzene rings is 2. The Balaban J connectivity index is 0.000000763. The summed E-state index contributed by atoms with van der Waals surface area (Å²) in [6.45, 7) is 11.3. The number of aryl methyl sites for hydroxylation is 2. The SMILES string of the molecule is CCCCCCCCCCC=CC1=C(c2ccc(CCCCCC)cc2)[N+](=[N-])C(c2ccc(CCCCCC)cc2)=C1.CCCC[CH2][Ni][CH2]CCCC. The van der Waals surface area contributed by atoms with Crippen molar-refractivity contribution in [3.8, 4) is 0 Å². The van der Waals surface area contributed by atoms with Gasteiger partial charge in [0.25, 0.3) is 0 Å². The molecule has 0 fully saturated rings. The number of nitrogens with zero attached hydrogens (tertiary/aromatic N) is 2. The molecule has 300 valence electrons. The molecule has 3 rings (SSSR count). The van der Waals surface area contributed by atoms with Gasteiger partial charge in [0.2, 0.25) is 11.4 Å². The predicted molar refractivity (Wildman–Crippen MR) is 232 cm³/mol. The van der Waals surface area contributed by atoms with Gasteiger partial charge in [0.15, 0.2) is 0 Å². The predicted octanol–water partition coefficient (Wildman–Crippen LogP) is 17.1. The average Bonchev–Trinajstić information content (AvgIpc) is 3.51. The van der Waals surface area contributed by atoms with E-state index in [1.54, 1.807) is 0 Å². The van der Waals surface area contributed by atoms with E-state index in [1.807, 2.05) is 14.4 Å². The van der Waals surface area contributed by atoms with E-state index in [9.17, 15) is 5.53 Å². The van der Waals surface area contributed by atoms with Crippen LogP contribution in [-0.2, 0) is 27.3 Å². The van der Waals surface area contributed by atoms with Gasteiger partial charge >= 0.3 is 77.6 Å². The summed E-state index contributed by atoms with van der Waals surface area (Å²) in [5.74, 6) is 0. The second-order valence-electron chi connectivity index (χ2n) is 15.2. The number of allylic oxidation sites excluding steroid dienone is 4. The molecule has 2 nitrogen and oxygen atoms in total. The minimum atomic E-state index is 0.859. The molecule has 0 saturated carbocycles. The Morgan fingerprint density at radius 3 is 1.40 bits per heavy atom. The molecule has 3 heteroatoms.